The van der Waals surface area contributed by atoms with Gasteiger partial charge in [-0.15, -0.1) is 0 Å². The molecule has 0 aliphatic carbocycles. The zero-order chi connectivity index (χ0) is 15.1. The number of carbonyl (C=O) groups is 2. The zero-order valence-electron chi connectivity index (χ0n) is 11.2. The Morgan fingerprint density at radius 1 is 1.29 bits per heavy atom. The van der Waals surface area contributed by atoms with Gasteiger partial charge in [0.2, 0.25) is 0 Å². The van der Waals surface area contributed by atoms with Crippen LogP contribution < -0.4 is 10.6 Å². The van der Waals surface area contributed by atoms with Crippen LogP contribution in [0.2, 0.25) is 0 Å². The predicted molar refractivity (Wildman–Crippen MR) is 75.4 cm³/mol. The van der Waals surface area contributed by atoms with Crippen molar-refractivity contribution in [2.75, 3.05) is 0 Å². The van der Waals surface area contributed by atoms with Crippen molar-refractivity contribution in [3.63, 3.8) is 0 Å². The van der Waals surface area contributed by atoms with E-state index in [0.29, 0.717) is 5.82 Å². The van der Waals surface area contributed by atoms with Crippen LogP contribution in [0, 0.1) is 0 Å². The van der Waals surface area contributed by atoms with Crippen LogP contribution in [0.4, 0.5) is 4.79 Å². The van der Waals surface area contributed by atoms with E-state index in [2.05, 4.69) is 20.6 Å². The number of nitrogens with zero attached hydrogens (tertiary/aromatic N) is 1. The number of aromatic nitrogens is 2. The van der Waals surface area contributed by atoms with Crippen LogP contribution in [0.25, 0.3) is 0 Å². The number of imidazole rings is 1. The summed E-state index contributed by atoms with van der Waals surface area (Å²) in [5.74, 6) is -0.352. The van der Waals surface area contributed by atoms with E-state index in [1.807, 2.05) is 6.07 Å². The first-order valence-corrected chi connectivity index (χ1v) is 6.44. The fraction of sp³-hybridized carbons (Fsp3) is 0.214. The topological polar surface area (TPSA) is 107 Å². The van der Waals surface area contributed by atoms with Gasteiger partial charge >= 0.3 is 12.0 Å². The summed E-state index contributed by atoms with van der Waals surface area (Å²) in [6, 6.07) is 7.96. The molecule has 1 unspecified atom stereocenters. The van der Waals surface area contributed by atoms with E-state index in [4.69, 9.17) is 5.11 Å². The second kappa shape index (κ2) is 7.09. The summed E-state index contributed by atoms with van der Waals surface area (Å²) < 4.78 is 0. The monoisotopic (exact) mass is 288 g/mol. The number of carboxylic acid groups (broad SMARTS) is 1. The van der Waals surface area contributed by atoms with Gasteiger partial charge in [0.1, 0.15) is 5.82 Å². The fourth-order valence-electron chi connectivity index (χ4n) is 1.88. The number of hydrogen-bond acceptors (Lipinski definition) is 3. The van der Waals surface area contributed by atoms with Gasteiger partial charge in [0, 0.05) is 12.4 Å². The number of carbonyl (C=O) groups excluding carboxylic acids is 1. The molecule has 1 heterocycles. The molecule has 0 bridgehead atoms. The minimum Gasteiger partial charge on any atom is -0.481 e. The molecule has 1 aromatic carbocycles. The Morgan fingerprint density at radius 3 is 2.67 bits per heavy atom. The molecule has 1 atom stereocenters. The number of rotatable bonds is 6. The number of hydrogen-bond donors (Lipinski definition) is 4. The van der Waals surface area contributed by atoms with E-state index in [1.165, 1.54) is 0 Å². The lowest BCUT2D eigenvalue weighted by Crippen LogP contribution is -2.38. The summed E-state index contributed by atoms with van der Waals surface area (Å²) in [4.78, 5) is 29.6. The van der Waals surface area contributed by atoms with Crippen molar-refractivity contribution in [1.29, 1.82) is 0 Å². The number of carboxylic acids is 1. The molecule has 2 rings (SSSR count). The number of H-pyrrole nitrogens is 1. The molecule has 0 spiro atoms. The maximum atomic E-state index is 11.8. The number of nitrogens with one attached hydrogen (secondary N) is 3. The molecule has 4 N–H and O–H groups in total. The van der Waals surface area contributed by atoms with Crippen molar-refractivity contribution in [2.45, 2.75) is 19.0 Å². The molecule has 21 heavy (non-hydrogen) atoms. The third-order valence-electron chi connectivity index (χ3n) is 2.86. The smallest absolute Gasteiger partial charge is 0.315 e. The van der Waals surface area contributed by atoms with Crippen LogP contribution in [0.1, 0.15) is 23.9 Å². The van der Waals surface area contributed by atoms with E-state index in [0.717, 1.165) is 5.56 Å². The molecule has 7 nitrogen and oxygen atoms in total. The molecule has 0 radical (unpaired) electrons. The van der Waals surface area contributed by atoms with Gasteiger partial charge in [0.25, 0.3) is 0 Å². The first kappa shape index (κ1) is 14.6. The Kier molecular flexibility index (Phi) is 4.92. The van der Waals surface area contributed by atoms with Gasteiger partial charge in [-0.2, -0.15) is 0 Å². The minimum atomic E-state index is -0.977. The summed E-state index contributed by atoms with van der Waals surface area (Å²) in [6.07, 6.45) is 3.07. The molecular formula is C14H16N4O3. The lowest BCUT2D eigenvalue weighted by atomic mass is 10.0. The van der Waals surface area contributed by atoms with Crippen molar-refractivity contribution >= 4 is 12.0 Å². The summed E-state index contributed by atoms with van der Waals surface area (Å²) in [5.41, 5.74) is 0.744. The van der Waals surface area contributed by atoms with Gasteiger partial charge in [0.15, 0.2) is 0 Å². The number of urea groups is 1. The van der Waals surface area contributed by atoms with E-state index < -0.39 is 18.0 Å². The average Bonchev–Trinajstić information content (AvgIpc) is 2.98. The first-order chi connectivity index (χ1) is 10.1. The maximum absolute atomic E-state index is 11.8. The second-order valence-electron chi connectivity index (χ2n) is 4.42. The van der Waals surface area contributed by atoms with Gasteiger partial charge in [-0.05, 0) is 5.56 Å². The first-order valence-electron chi connectivity index (χ1n) is 6.44. The Labute approximate surface area is 121 Å². The van der Waals surface area contributed by atoms with Crippen LogP contribution in [-0.2, 0) is 11.3 Å². The van der Waals surface area contributed by atoms with Crippen molar-refractivity contribution < 1.29 is 14.7 Å². The molecule has 2 amide bonds. The maximum Gasteiger partial charge on any atom is 0.315 e. The molecule has 0 saturated carbocycles. The Hall–Kier alpha value is -2.83. The molecule has 0 saturated heterocycles. The molecule has 7 heteroatoms. The fourth-order valence-corrected chi connectivity index (χ4v) is 1.88. The Balaban J connectivity index is 1.94. The van der Waals surface area contributed by atoms with Crippen molar-refractivity contribution in [1.82, 2.24) is 20.6 Å². The van der Waals surface area contributed by atoms with Gasteiger partial charge in [-0.3, -0.25) is 4.79 Å². The van der Waals surface area contributed by atoms with Crippen molar-refractivity contribution in [2.24, 2.45) is 0 Å². The molecular weight excluding hydrogens is 272 g/mol. The molecule has 1 aromatic heterocycles. The lowest BCUT2D eigenvalue weighted by Gasteiger charge is -2.17. The van der Waals surface area contributed by atoms with E-state index >= 15 is 0 Å². The number of aromatic amines is 1. The van der Waals surface area contributed by atoms with E-state index in [-0.39, 0.29) is 13.0 Å². The molecule has 0 fully saturated rings. The zero-order valence-corrected chi connectivity index (χ0v) is 11.2. The number of benzene rings is 1. The van der Waals surface area contributed by atoms with Crippen LogP contribution in [0.5, 0.6) is 0 Å². The summed E-state index contributed by atoms with van der Waals surface area (Å²) in [6.45, 7) is 0.243. The highest BCUT2D eigenvalue weighted by Crippen LogP contribution is 2.16. The third-order valence-corrected chi connectivity index (χ3v) is 2.86. The highest BCUT2D eigenvalue weighted by atomic mass is 16.4. The summed E-state index contributed by atoms with van der Waals surface area (Å²) in [7, 11) is 0. The van der Waals surface area contributed by atoms with E-state index in [1.54, 1.807) is 36.7 Å². The molecule has 0 aliphatic rings. The molecule has 2 aromatic rings. The number of amides is 2. The predicted octanol–water partition coefficient (Wildman–Crippen LogP) is 1.42. The van der Waals surface area contributed by atoms with Gasteiger partial charge in [0.05, 0.1) is 19.0 Å². The third kappa shape index (κ3) is 4.64. The highest BCUT2D eigenvalue weighted by Gasteiger charge is 2.17. The standard InChI is InChI=1S/C14H16N4O3/c19-13(20)8-11(10-4-2-1-3-5-10)18-14(21)17-9-12-15-6-7-16-12/h1-7,11H,8-9H2,(H,15,16)(H,19,20)(H2,17,18,21). The Bertz CT molecular complexity index is 584. The lowest BCUT2D eigenvalue weighted by molar-refractivity contribution is -0.137. The van der Waals surface area contributed by atoms with Crippen LogP contribution in [-0.4, -0.2) is 27.1 Å². The summed E-state index contributed by atoms with van der Waals surface area (Å²) in [5, 5.41) is 14.2. The van der Waals surface area contributed by atoms with Gasteiger partial charge in [-0.25, -0.2) is 9.78 Å². The van der Waals surface area contributed by atoms with Gasteiger partial charge < -0.3 is 20.7 Å². The summed E-state index contributed by atoms with van der Waals surface area (Å²) >= 11 is 0. The normalized spacial score (nSPS) is 11.6. The SMILES string of the molecule is O=C(O)CC(NC(=O)NCc1ncc[nH]1)c1ccccc1. The van der Waals surface area contributed by atoms with Crippen LogP contribution in [0.15, 0.2) is 42.7 Å². The van der Waals surface area contributed by atoms with E-state index in [9.17, 15) is 9.59 Å². The number of aliphatic carboxylic acids is 1. The van der Waals surface area contributed by atoms with Crippen molar-refractivity contribution in [3.8, 4) is 0 Å². The largest absolute Gasteiger partial charge is 0.481 e. The molecule has 0 aliphatic heterocycles. The highest BCUT2D eigenvalue weighted by molar-refractivity contribution is 5.76. The second-order valence-corrected chi connectivity index (χ2v) is 4.42. The molecule has 110 valence electrons. The van der Waals surface area contributed by atoms with Gasteiger partial charge in [-0.1, -0.05) is 30.3 Å². The average molecular weight is 288 g/mol. The van der Waals surface area contributed by atoms with Crippen molar-refractivity contribution in [3.05, 3.63) is 54.1 Å². The Morgan fingerprint density at radius 2 is 2.05 bits per heavy atom. The van der Waals surface area contributed by atoms with Crippen LogP contribution in [0.3, 0.4) is 0 Å². The minimum absolute atomic E-state index is 0.182. The van der Waals surface area contributed by atoms with Crippen LogP contribution >= 0.6 is 0 Å². The quantitative estimate of drug-likeness (QED) is 0.645.